The van der Waals surface area contributed by atoms with E-state index in [2.05, 4.69) is 14.8 Å². The van der Waals surface area contributed by atoms with Crippen molar-refractivity contribution in [1.82, 2.24) is 0 Å². The molecule has 0 saturated heterocycles. The SMILES string of the molecule is COc1ccc(S(=O)(=O)Nc2ccc(Cl)cc2)cc1NC(=O)c1cccc(OC(F)F)c1. The molecule has 7 nitrogen and oxygen atoms in total. The van der Waals surface area contributed by atoms with Crippen LogP contribution < -0.4 is 19.5 Å². The Labute approximate surface area is 188 Å². The number of amides is 1. The maximum absolute atomic E-state index is 12.8. The zero-order valence-corrected chi connectivity index (χ0v) is 18.1. The Bertz CT molecular complexity index is 1220. The van der Waals surface area contributed by atoms with Crippen LogP contribution in [0.4, 0.5) is 20.2 Å². The highest BCUT2D eigenvalue weighted by molar-refractivity contribution is 7.92. The number of sulfonamides is 1. The van der Waals surface area contributed by atoms with Crippen molar-refractivity contribution >= 4 is 38.9 Å². The van der Waals surface area contributed by atoms with Gasteiger partial charge in [0.15, 0.2) is 0 Å². The molecule has 0 unspecified atom stereocenters. The van der Waals surface area contributed by atoms with Crippen molar-refractivity contribution in [3.63, 3.8) is 0 Å². The monoisotopic (exact) mass is 482 g/mol. The van der Waals surface area contributed by atoms with E-state index in [1.54, 1.807) is 0 Å². The van der Waals surface area contributed by atoms with Crippen LogP contribution in [0.5, 0.6) is 11.5 Å². The zero-order valence-electron chi connectivity index (χ0n) is 16.5. The molecule has 3 aromatic rings. The van der Waals surface area contributed by atoms with Gasteiger partial charge in [0.05, 0.1) is 17.7 Å². The fourth-order valence-electron chi connectivity index (χ4n) is 2.69. The van der Waals surface area contributed by atoms with Crippen molar-refractivity contribution < 1.29 is 31.5 Å². The summed E-state index contributed by atoms with van der Waals surface area (Å²) in [6, 6.07) is 15.1. The molecule has 2 N–H and O–H groups in total. The van der Waals surface area contributed by atoms with E-state index in [9.17, 15) is 22.0 Å². The molecule has 0 fully saturated rings. The van der Waals surface area contributed by atoms with Gasteiger partial charge in [-0.3, -0.25) is 9.52 Å². The van der Waals surface area contributed by atoms with Gasteiger partial charge in [0, 0.05) is 16.3 Å². The third-order valence-electron chi connectivity index (χ3n) is 4.15. The Balaban J connectivity index is 1.86. The van der Waals surface area contributed by atoms with Gasteiger partial charge in [0.25, 0.3) is 15.9 Å². The van der Waals surface area contributed by atoms with Crippen LogP contribution in [0.15, 0.2) is 71.6 Å². The number of carbonyl (C=O) groups excluding carboxylic acids is 1. The first-order valence-electron chi connectivity index (χ1n) is 9.00. The highest BCUT2D eigenvalue weighted by atomic mass is 35.5. The summed E-state index contributed by atoms with van der Waals surface area (Å²) >= 11 is 5.81. The van der Waals surface area contributed by atoms with Crippen LogP contribution in [0.3, 0.4) is 0 Å². The summed E-state index contributed by atoms with van der Waals surface area (Å²) in [5.74, 6) is -0.671. The van der Waals surface area contributed by atoms with Gasteiger partial charge in [-0.1, -0.05) is 17.7 Å². The van der Waals surface area contributed by atoms with E-state index in [-0.39, 0.29) is 27.6 Å². The fraction of sp³-hybridized carbons (Fsp3) is 0.0952. The highest BCUT2D eigenvalue weighted by Crippen LogP contribution is 2.29. The van der Waals surface area contributed by atoms with E-state index < -0.39 is 22.5 Å². The average molecular weight is 483 g/mol. The van der Waals surface area contributed by atoms with Crippen molar-refractivity contribution in [2.75, 3.05) is 17.1 Å². The number of nitrogens with one attached hydrogen (secondary N) is 2. The van der Waals surface area contributed by atoms with Crippen molar-refractivity contribution in [2.24, 2.45) is 0 Å². The topological polar surface area (TPSA) is 93.7 Å². The van der Waals surface area contributed by atoms with Crippen molar-refractivity contribution in [3.8, 4) is 11.5 Å². The molecule has 0 atom stereocenters. The normalized spacial score (nSPS) is 11.2. The molecule has 0 saturated carbocycles. The quantitative estimate of drug-likeness (QED) is 0.471. The molecule has 32 heavy (non-hydrogen) atoms. The second-order valence-corrected chi connectivity index (χ2v) is 8.45. The molecule has 0 bridgehead atoms. The lowest BCUT2D eigenvalue weighted by Crippen LogP contribution is -2.16. The van der Waals surface area contributed by atoms with E-state index in [0.29, 0.717) is 10.7 Å². The molecule has 0 aliphatic rings. The molecule has 0 radical (unpaired) electrons. The number of rotatable bonds is 8. The van der Waals surface area contributed by atoms with Crippen LogP contribution in [0.2, 0.25) is 5.02 Å². The number of anilines is 2. The van der Waals surface area contributed by atoms with Gasteiger partial charge in [-0.25, -0.2) is 8.42 Å². The van der Waals surface area contributed by atoms with Crippen molar-refractivity contribution in [1.29, 1.82) is 0 Å². The number of methoxy groups -OCH3 is 1. The van der Waals surface area contributed by atoms with E-state index in [0.717, 1.165) is 6.07 Å². The molecule has 168 valence electrons. The number of benzene rings is 3. The Hall–Kier alpha value is -3.37. The number of hydrogen-bond acceptors (Lipinski definition) is 5. The molecule has 1 amide bonds. The first-order chi connectivity index (χ1) is 15.2. The molecule has 3 aromatic carbocycles. The number of ether oxygens (including phenoxy) is 2. The molecular weight excluding hydrogens is 466 g/mol. The number of hydrogen-bond donors (Lipinski definition) is 2. The van der Waals surface area contributed by atoms with Crippen LogP contribution in [0.1, 0.15) is 10.4 Å². The molecule has 0 aliphatic heterocycles. The standard InChI is InChI=1S/C21H17ClF2N2O5S/c1-30-19-10-9-17(32(28,29)26-15-7-5-14(22)6-8-15)12-18(19)25-20(27)13-3-2-4-16(11-13)31-21(23)24/h2-12,21,26H,1H3,(H,25,27). The minimum atomic E-state index is -4.00. The Morgan fingerprint density at radius 1 is 1.03 bits per heavy atom. The molecular formula is C21H17ClF2N2O5S. The van der Waals surface area contributed by atoms with E-state index >= 15 is 0 Å². The Kier molecular flexibility index (Phi) is 7.16. The van der Waals surface area contributed by atoms with E-state index in [4.69, 9.17) is 16.3 Å². The lowest BCUT2D eigenvalue weighted by atomic mass is 10.2. The van der Waals surface area contributed by atoms with Crippen molar-refractivity contribution in [2.45, 2.75) is 11.5 Å². The lowest BCUT2D eigenvalue weighted by Gasteiger charge is -2.14. The first-order valence-corrected chi connectivity index (χ1v) is 10.9. The molecule has 3 rings (SSSR count). The summed E-state index contributed by atoms with van der Waals surface area (Å²) in [4.78, 5) is 12.5. The third kappa shape index (κ3) is 5.86. The van der Waals surface area contributed by atoms with Crippen LogP contribution in [-0.2, 0) is 10.0 Å². The summed E-state index contributed by atoms with van der Waals surface area (Å²) in [6.45, 7) is -3.04. The second-order valence-electron chi connectivity index (χ2n) is 6.33. The van der Waals surface area contributed by atoms with Gasteiger partial charge in [-0.05, 0) is 60.7 Å². The molecule has 0 spiro atoms. The maximum atomic E-state index is 12.8. The largest absolute Gasteiger partial charge is 0.495 e. The smallest absolute Gasteiger partial charge is 0.387 e. The van der Waals surface area contributed by atoms with Gasteiger partial charge >= 0.3 is 6.61 Å². The Morgan fingerprint density at radius 2 is 1.75 bits per heavy atom. The molecule has 0 aliphatic carbocycles. The van der Waals surface area contributed by atoms with E-state index in [1.807, 2.05) is 0 Å². The average Bonchev–Trinajstić information content (AvgIpc) is 2.75. The van der Waals surface area contributed by atoms with Gasteiger partial charge in [-0.2, -0.15) is 8.78 Å². The molecule has 0 aromatic heterocycles. The third-order valence-corrected chi connectivity index (χ3v) is 5.78. The summed E-state index contributed by atoms with van der Waals surface area (Å²) in [6.07, 6.45) is 0. The van der Waals surface area contributed by atoms with Crippen LogP contribution in [-0.4, -0.2) is 28.0 Å². The molecule has 11 heteroatoms. The van der Waals surface area contributed by atoms with Gasteiger partial charge < -0.3 is 14.8 Å². The van der Waals surface area contributed by atoms with Crippen LogP contribution >= 0.6 is 11.6 Å². The summed E-state index contributed by atoms with van der Waals surface area (Å²) in [5.41, 5.74) is 0.390. The Morgan fingerprint density at radius 3 is 2.41 bits per heavy atom. The molecule has 0 heterocycles. The van der Waals surface area contributed by atoms with Crippen molar-refractivity contribution in [3.05, 3.63) is 77.3 Å². The van der Waals surface area contributed by atoms with Gasteiger partial charge in [0.1, 0.15) is 11.5 Å². The minimum Gasteiger partial charge on any atom is -0.495 e. The number of alkyl halides is 2. The predicted molar refractivity (Wildman–Crippen MR) is 116 cm³/mol. The lowest BCUT2D eigenvalue weighted by molar-refractivity contribution is -0.0498. The number of halogens is 3. The second kappa shape index (κ2) is 9.84. The number of carbonyl (C=O) groups is 1. The van der Waals surface area contributed by atoms with Crippen LogP contribution in [0, 0.1) is 0 Å². The van der Waals surface area contributed by atoms with Crippen LogP contribution in [0.25, 0.3) is 0 Å². The summed E-state index contributed by atoms with van der Waals surface area (Å²) in [7, 11) is -2.65. The first kappa shape index (κ1) is 23.3. The van der Waals surface area contributed by atoms with Gasteiger partial charge in [-0.15, -0.1) is 0 Å². The minimum absolute atomic E-state index is 0.0257. The fourth-order valence-corrected chi connectivity index (χ4v) is 3.90. The van der Waals surface area contributed by atoms with E-state index in [1.165, 1.54) is 67.8 Å². The summed E-state index contributed by atoms with van der Waals surface area (Å²) < 4.78 is 62.2. The predicted octanol–water partition coefficient (Wildman–Crippen LogP) is 5.00. The highest BCUT2D eigenvalue weighted by Gasteiger charge is 2.19. The summed E-state index contributed by atoms with van der Waals surface area (Å²) in [5, 5.41) is 2.97. The van der Waals surface area contributed by atoms with Gasteiger partial charge in [0.2, 0.25) is 0 Å². The maximum Gasteiger partial charge on any atom is 0.387 e. The zero-order chi connectivity index (χ0) is 23.3.